The van der Waals surface area contributed by atoms with Crippen LogP contribution in [0.25, 0.3) is 16.7 Å². The Hall–Kier alpha value is -3.20. The van der Waals surface area contributed by atoms with Gasteiger partial charge in [0.25, 0.3) is 0 Å². The number of nitrogens with one attached hydrogen (secondary N) is 1. The summed E-state index contributed by atoms with van der Waals surface area (Å²) >= 11 is 1.41. The lowest BCUT2D eigenvalue weighted by atomic mass is 9.95. The van der Waals surface area contributed by atoms with E-state index in [9.17, 15) is 4.79 Å². The maximum absolute atomic E-state index is 12.5. The molecule has 0 atom stereocenters. The molecule has 0 saturated heterocycles. The molecule has 0 aliphatic heterocycles. The molecule has 1 aliphatic rings. The lowest BCUT2D eigenvalue weighted by molar-refractivity contribution is -0.119. The minimum atomic E-state index is 0.0494. The van der Waals surface area contributed by atoms with Crippen LogP contribution < -0.4 is 5.32 Å². The maximum atomic E-state index is 12.5. The van der Waals surface area contributed by atoms with Gasteiger partial charge in [-0.15, -0.1) is 15.3 Å². The number of hydrogen-bond acceptors (Lipinski definition) is 6. The van der Waals surface area contributed by atoms with E-state index in [4.69, 9.17) is 0 Å². The quantitative estimate of drug-likeness (QED) is 0.435. The van der Waals surface area contributed by atoms with E-state index in [2.05, 4.69) is 25.8 Å². The van der Waals surface area contributed by atoms with Crippen LogP contribution in [0.2, 0.25) is 0 Å². The zero-order valence-electron chi connectivity index (χ0n) is 17.7. The van der Waals surface area contributed by atoms with Gasteiger partial charge in [0.15, 0.2) is 11.0 Å². The fourth-order valence-corrected chi connectivity index (χ4v) is 4.93. The number of para-hydroxylation sites is 2. The smallest absolute Gasteiger partial charge is 0.230 e. The highest BCUT2D eigenvalue weighted by molar-refractivity contribution is 7.99. The van der Waals surface area contributed by atoms with Gasteiger partial charge in [0.2, 0.25) is 5.91 Å². The zero-order valence-corrected chi connectivity index (χ0v) is 18.5. The predicted octanol–water partition coefficient (Wildman–Crippen LogP) is 3.60. The van der Waals surface area contributed by atoms with Crippen LogP contribution in [0.4, 0.5) is 0 Å². The third kappa shape index (κ3) is 4.52. The van der Waals surface area contributed by atoms with Crippen molar-refractivity contribution in [3.05, 3.63) is 60.4 Å². The number of carbonyl (C=O) groups excluding carboxylic acids is 1. The molecule has 164 valence electrons. The molecule has 4 aromatic rings. The molecular formula is C23H25N7OS. The molecule has 1 N–H and O–H groups in total. The number of hydrogen-bond donors (Lipinski definition) is 1. The third-order valence-electron chi connectivity index (χ3n) is 5.73. The zero-order chi connectivity index (χ0) is 21.8. The Morgan fingerprint density at radius 2 is 1.75 bits per heavy atom. The van der Waals surface area contributed by atoms with Crippen LogP contribution in [-0.4, -0.2) is 47.5 Å². The number of amides is 1. The fourth-order valence-electron chi connectivity index (χ4n) is 4.15. The second kappa shape index (κ2) is 9.52. The van der Waals surface area contributed by atoms with Gasteiger partial charge >= 0.3 is 0 Å². The van der Waals surface area contributed by atoms with E-state index in [1.807, 2.05) is 63.8 Å². The molecule has 2 aromatic carbocycles. The maximum Gasteiger partial charge on any atom is 0.230 e. The second-order valence-electron chi connectivity index (χ2n) is 8.00. The summed E-state index contributed by atoms with van der Waals surface area (Å²) < 4.78 is 3.82. The number of nitrogens with zero attached hydrogens (tertiary/aromatic N) is 6. The van der Waals surface area contributed by atoms with E-state index >= 15 is 0 Å². The first kappa shape index (κ1) is 20.7. The minimum Gasteiger partial charge on any atom is -0.353 e. The fraction of sp³-hybridized carbons (Fsp3) is 0.348. The van der Waals surface area contributed by atoms with Gasteiger partial charge in [-0.05, 0) is 37.1 Å². The minimum absolute atomic E-state index is 0.0494. The standard InChI is InChI=1S/C23H25N7OS/c31-22(24-17-9-3-1-4-10-17)16-32-23-27-26-21(30(23)18-11-5-2-6-12-18)15-29-20-14-8-7-13-19(20)25-28-29/h2,5-8,11-14,17H,1,3-4,9-10,15-16H2,(H,24,31). The summed E-state index contributed by atoms with van der Waals surface area (Å²) in [4.78, 5) is 12.5. The molecule has 5 rings (SSSR count). The average molecular weight is 448 g/mol. The van der Waals surface area contributed by atoms with Gasteiger partial charge in [0.1, 0.15) is 12.1 Å². The molecule has 1 amide bonds. The molecule has 9 heteroatoms. The van der Waals surface area contributed by atoms with E-state index < -0.39 is 0 Å². The number of fused-ring (bicyclic) bond motifs is 1. The molecule has 2 aromatic heterocycles. The Morgan fingerprint density at radius 3 is 2.59 bits per heavy atom. The van der Waals surface area contributed by atoms with E-state index in [-0.39, 0.29) is 5.91 Å². The van der Waals surface area contributed by atoms with Crippen molar-refractivity contribution >= 4 is 28.7 Å². The van der Waals surface area contributed by atoms with Gasteiger partial charge < -0.3 is 5.32 Å². The van der Waals surface area contributed by atoms with Gasteiger partial charge in [-0.25, -0.2) is 4.68 Å². The topological polar surface area (TPSA) is 90.5 Å². The van der Waals surface area contributed by atoms with E-state index in [0.717, 1.165) is 35.4 Å². The Bertz CT molecular complexity index is 1200. The molecule has 0 radical (unpaired) electrons. The van der Waals surface area contributed by atoms with Gasteiger partial charge in [-0.3, -0.25) is 9.36 Å². The molecular weight excluding hydrogens is 422 g/mol. The highest BCUT2D eigenvalue weighted by Crippen LogP contribution is 2.24. The highest BCUT2D eigenvalue weighted by Gasteiger charge is 2.19. The Morgan fingerprint density at radius 1 is 0.969 bits per heavy atom. The van der Waals surface area contributed by atoms with Gasteiger partial charge in [0, 0.05) is 11.7 Å². The van der Waals surface area contributed by atoms with Gasteiger partial charge in [-0.1, -0.05) is 66.6 Å². The van der Waals surface area contributed by atoms with Crippen LogP contribution in [0.3, 0.4) is 0 Å². The molecule has 0 spiro atoms. The van der Waals surface area contributed by atoms with Crippen molar-refractivity contribution in [3.63, 3.8) is 0 Å². The summed E-state index contributed by atoms with van der Waals surface area (Å²) in [5.41, 5.74) is 2.73. The summed E-state index contributed by atoms with van der Waals surface area (Å²) in [6.07, 6.45) is 5.81. The molecule has 0 unspecified atom stereocenters. The van der Waals surface area contributed by atoms with Gasteiger partial charge in [-0.2, -0.15) is 0 Å². The van der Waals surface area contributed by atoms with Crippen LogP contribution >= 0.6 is 11.8 Å². The van der Waals surface area contributed by atoms with Crippen LogP contribution in [0.15, 0.2) is 59.8 Å². The van der Waals surface area contributed by atoms with Crippen molar-refractivity contribution in [3.8, 4) is 5.69 Å². The predicted molar refractivity (Wildman–Crippen MR) is 124 cm³/mol. The SMILES string of the molecule is O=C(CSc1nnc(Cn2nnc3ccccc32)n1-c1ccccc1)NC1CCCCC1. The van der Waals surface area contributed by atoms with Crippen molar-refractivity contribution in [1.29, 1.82) is 0 Å². The lowest BCUT2D eigenvalue weighted by Crippen LogP contribution is -2.37. The summed E-state index contributed by atoms with van der Waals surface area (Å²) in [5, 5.41) is 21.2. The first-order valence-corrected chi connectivity index (χ1v) is 12.0. The van der Waals surface area contributed by atoms with Crippen molar-refractivity contribution in [1.82, 2.24) is 35.1 Å². The van der Waals surface area contributed by atoms with E-state index in [0.29, 0.717) is 23.5 Å². The monoisotopic (exact) mass is 447 g/mol. The van der Waals surface area contributed by atoms with Crippen LogP contribution in [0.5, 0.6) is 0 Å². The van der Waals surface area contributed by atoms with E-state index in [1.165, 1.54) is 31.0 Å². The van der Waals surface area contributed by atoms with Crippen LogP contribution in [0.1, 0.15) is 37.9 Å². The summed E-state index contributed by atoms with van der Waals surface area (Å²) in [5.74, 6) is 1.10. The normalized spacial score (nSPS) is 14.6. The number of carbonyl (C=O) groups is 1. The number of aromatic nitrogens is 6. The third-order valence-corrected chi connectivity index (χ3v) is 6.66. The van der Waals surface area contributed by atoms with Crippen molar-refractivity contribution < 1.29 is 4.79 Å². The van der Waals surface area contributed by atoms with Crippen molar-refractivity contribution in [2.75, 3.05) is 5.75 Å². The Kier molecular flexibility index (Phi) is 6.15. The lowest BCUT2D eigenvalue weighted by Gasteiger charge is -2.22. The summed E-state index contributed by atoms with van der Waals surface area (Å²) in [7, 11) is 0. The molecule has 8 nitrogen and oxygen atoms in total. The van der Waals surface area contributed by atoms with Crippen LogP contribution in [0, 0.1) is 0 Å². The molecule has 1 saturated carbocycles. The van der Waals surface area contributed by atoms with E-state index in [1.54, 1.807) is 0 Å². The molecule has 0 bridgehead atoms. The molecule has 32 heavy (non-hydrogen) atoms. The second-order valence-corrected chi connectivity index (χ2v) is 8.94. The summed E-state index contributed by atoms with van der Waals surface area (Å²) in [6, 6.07) is 18.1. The first-order valence-electron chi connectivity index (χ1n) is 11.0. The highest BCUT2D eigenvalue weighted by atomic mass is 32.2. The first-order chi connectivity index (χ1) is 15.8. The van der Waals surface area contributed by atoms with Crippen molar-refractivity contribution in [2.24, 2.45) is 0 Å². The Labute approximate surface area is 190 Å². The average Bonchev–Trinajstić information content (AvgIpc) is 3.43. The summed E-state index contributed by atoms with van der Waals surface area (Å²) in [6.45, 7) is 0.428. The number of benzene rings is 2. The number of thioether (sulfide) groups is 1. The molecule has 1 fully saturated rings. The molecule has 1 aliphatic carbocycles. The number of rotatable bonds is 7. The molecule has 2 heterocycles. The van der Waals surface area contributed by atoms with Crippen LogP contribution in [-0.2, 0) is 11.3 Å². The van der Waals surface area contributed by atoms with Crippen molar-refractivity contribution in [2.45, 2.75) is 49.8 Å². The van der Waals surface area contributed by atoms with Gasteiger partial charge in [0.05, 0.1) is 11.3 Å². The largest absolute Gasteiger partial charge is 0.353 e. The Balaban J connectivity index is 1.37.